The van der Waals surface area contributed by atoms with Crippen molar-refractivity contribution in [2.24, 2.45) is 0 Å². The molecule has 0 spiro atoms. The number of carbonyl (C=O) groups excluding carboxylic acids is 1. The molecule has 2 aromatic carbocycles. The maximum atomic E-state index is 13.5. The first-order valence-corrected chi connectivity index (χ1v) is 12.5. The van der Waals surface area contributed by atoms with E-state index in [2.05, 4.69) is 4.98 Å². The van der Waals surface area contributed by atoms with Gasteiger partial charge in [0.25, 0.3) is 5.91 Å². The molecule has 0 saturated carbocycles. The lowest BCUT2D eigenvalue weighted by atomic mass is 10.0. The molecule has 8 heteroatoms. The maximum Gasteiger partial charge on any atom is 0.260 e. The number of sulfone groups is 1. The van der Waals surface area contributed by atoms with Crippen LogP contribution < -0.4 is 4.90 Å². The van der Waals surface area contributed by atoms with E-state index in [0.29, 0.717) is 29.4 Å². The largest absolute Gasteiger partial charge is 0.376 e. The number of aromatic nitrogens is 1. The number of hydrogen-bond donors (Lipinski definition) is 0. The summed E-state index contributed by atoms with van der Waals surface area (Å²) < 4.78 is 30.3. The van der Waals surface area contributed by atoms with Crippen LogP contribution in [-0.4, -0.2) is 44.8 Å². The summed E-state index contributed by atoms with van der Waals surface area (Å²) in [7, 11) is -3.31. The van der Waals surface area contributed by atoms with Crippen LogP contribution in [0.2, 0.25) is 0 Å². The zero-order valence-electron chi connectivity index (χ0n) is 17.2. The summed E-state index contributed by atoms with van der Waals surface area (Å²) in [5.41, 5.74) is 3.32. The molecule has 1 fully saturated rings. The smallest absolute Gasteiger partial charge is 0.260 e. The van der Waals surface area contributed by atoms with Gasteiger partial charge in [0.05, 0.1) is 27.8 Å². The van der Waals surface area contributed by atoms with Crippen LogP contribution in [0.1, 0.15) is 34.3 Å². The SMILES string of the molecule is Cc1ccc(C(=O)N(CC2CCCO2)c2nc3ccc(S(C)(=O)=O)cc3s2)c(C)c1. The molecular weight excluding hydrogens is 420 g/mol. The molecule has 158 valence electrons. The van der Waals surface area contributed by atoms with Crippen LogP contribution in [0.15, 0.2) is 41.3 Å². The highest BCUT2D eigenvalue weighted by atomic mass is 32.2. The van der Waals surface area contributed by atoms with Gasteiger partial charge in [0.2, 0.25) is 0 Å². The number of ether oxygens (including phenoxy) is 1. The summed E-state index contributed by atoms with van der Waals surface area (Å²) in [4.78, 5) is 20.1. The van der Waals surface area contributed by atoms with E-state index in [1.165, 1.54) is 17.6 Å². The molecule has 4 rings (SSSR count). The summed E-state index contributed by atoms with van der Waals surface area (Å²) in [6, 6.07) is 10.6. The number of amides is 1. The van der Waals surface area contributed by atoms with Gasteiger partial charge in [-0.2, -0.15) is 0 Å². The summed E-state index contributed by atoms with van der Waals surface area (Å²) >= 11 is 1.33. The van der Waals surface area contributed by atoms with E-state index in [9.17, 15) is 13.2 Å². The molecule has 3 aromatic rings. The summed E-state index contributed by atoms with van der Waals surface area (Å²) in [5.74, 6) is -0.120. The average Bonchev–Trinajstić information content (AvgIpc) is 3.33. The first kappa shape index (κ1) is 21.0. The summed E-state index contributed by atoms with van der Waals surface area (Å²) in [6.45, 7) is 5.05. The van der Waals surface area contributed by atoms with Crippen LogP contribution in [0.4, 0.5) is 5.13 Å². The second-order valence-corrected chi connectivity index (χ2v) is 10.8. The average molecular weight is 445 g/mol. The van der Waals surface area contributed by atoms with Crippen molar-refractivity contribution in [3.63, 3.8) is 0 Å². The van der Waals surface area contributed by atoms with Gasteiger partial charge >= 0.3 is 0 Å². The minimum Gasteiger partial charge on any atom is -0.376 e. The van der Waals surface area contributed by atoms with E-state index >= 15 is 0 Å². The van der Waals surface area contributed by atoms with Crippen LogP contribution in [-0.2, 0) is 14.6 Å². The lowest BCUT2D eigenvalue weighted by Gasteiger charge is -2.24. The normalized spacial score (nSPS) is 16.8. The van der Waals surface area contributed by atoms with Gasteiger partial charge < -0.3 is 4.74 Å². The molecule has 1 saturated heterocycles. The van der Waals surface area contributed by atoms with E-state index in [0.717, 1.165) is 28.7 Å². The first-order valence-electron chi connectivity index (χ1n) is 9.84. The fourth-order valence-electron chi connectivity index (χ4n) is 3.68. The molecule has 2 heterocycles. The third kappa shape index (κ3) is 4.26. The molecule has 1 amide bonds. The van der Waals surface area contributed by atoms with Gasteiger partial charge in [-0.3, -0.25) is 9.69 Å². The van der Waals surface area contributed by atoms with Crippen molar-refractivity contribution in [2.45, 2.75) is 37.7 Å². The third-order valence-corrected chi connectivity index (χ3v) is 7.43. The Hall–Kier alpha value is -2.29. The van der Waals surface area contributed by atoms with Crippen molar-refractivity contribution in [3.05, 3.63) is 53.1 Å². The highest BCUT2D eigenvalue weighted by Gasteiger charge is 2.28. The second-order valence-electron chi connectivity index (χ2n) is 7.77. The maximum absolute atomic E-state index is 13.5. The number of aryl methyl sites for hydroxylation is 2. The lowest BCUT2D eigenvalue weighted by molar-refractivity contribution is 0.0917. The van der Waals surface area contributed by atoms with E-state index in [4.69, 9.17) is 4.74 Å². The highest BCUT2D eigenvalue weighted by Crippen LogP contribution is 2.32. The molecule has 0 aliphatic carbocycles. The van der Waals surface area contributed by atoms with Crippen molar-refractivity contribution < 1.29 is 17.9 Å². The molecule has 0 N–H and O–H groups in total. The fourth-order valence-corrected chi connectivity index (χ4v) is 5.41. The molecule has 30 heavy (non-hydrogen) atoms. The van der Waals surface area contributed by atoms with Crippen LogP contribution in [0, 0.1) is 13.8 Å². The molecule has 1 aliphatic rings. The Morgan fingerprint density at radius 1 is 1.23 bits per heavy atom. The van der Waals surface area contributed by atoms with Gasteiger partial charge in [0.1, 0.15) is 0 Å². The van der Waals surface area contributed by atoms with Gasteiger partial charge in [-0.1, -0.05) is 29.0 Å². The molecular formula is C22H24N2O4S2. The fraction of sp³-hybridized carbons (Fsp3) is 0.364. The van der Waals surface area contributed by atoms with E-state index in [1.54, 1.807) is 23.1 Å². The van der Waals surface area contributed by atoms with Crippen molar-refractivity contribution in [1.29, 1.82) is 0 Å². The minimum absolute atomic E-state index is 0.0294. The van der Waals surface area contributed by atoms with E-state index in [-0.39, 0.29) is 16.9 Å². The molecule has 1 atom stereocenters. The quantitative estimate of drug-likeness (QED) is 0.591. The molecule has 0 radical (unpaired) electrons. The monoisotopic (exact) mass is 444 g/mol. The highest BCUT2D eigenvalue weighted by molar-refractivity contribution is 7.90. The van der Waals surface area contributed by atoms with E-state index < -0.39 is 9.84 Å². The third-order valence-electron chi connectivity index (χ3n) is 5.28. The molecule has 0 bridgehead atoms. The number of benzene rings is 2. The zero-order chi connectivity index (χ0) is 21.5. The number of anilines is 1. The Morgan fingerprint density at radius 3 is 2.70 bits per heavy atom. The van der Waals surface area contributed by atoms with Crippen LogP contribution in [0.25, 0.3) is 10.2 Å². The number of fused-ring (bicyclic) bond motifs is 1. The van der Waals surface area contributed by atoms with Gasteiger partial charge in [0, 0.05) is 18.4 Å². The van der Waals surface area contributed by atoms with Crippen LogP contribution >= 0.6 is 11.3 Å². The van der Waals surface area contributed by atoms with E-state index in [1.807, 2.05) is 32.0 Å². The van der Waals surface area contributed by atoms with Gasteiger partial charge in [-0.25, -0.2) is 13.4 Å². The Morgan fingerprint density at radius 2 is 2.03 bits per heavy atom. The second kappa shape index (κ2) is 8.09. The van der Waals surface area contributed by atoms with Crippen LogP contribution in [0.3, 0.4) is 0 Å². The van der Waals surface area contributed by atoms with Gasteiger partial charge in [-0.05, 0) is 56.5 Å². The number of thiazole rings is 1. The Bertz CT molecular complexity index is 1210. The Labute approximate surface area is 180 Å². The zero-order valence-corrected chi connectivity index (χ0v) is 18.8. The molecule has 6 nitrogen and oxygen atoms in total. The lowest BCUT2D eigenvalue weighted by Crippen LogP contribution is -2.37. The predicted octanol–water partition coefficient (Wildman–Crippen LogP) is 4.14. The minimum atomic E-state index is -3.31. The number of hydrogen-bond acceptors (Lipinski definition) is 6. The Kier molecular flexibility index (Phi) is 5.65. The Balaban J connectivity index is 1.76. The molecule has 1 aliphatic heterocycles. The van der Waals surface area contributed by atoms with Crippen molar-refractivity contribution >= 4 is 42.4 Å². The molecule has 1 unspecified atom stereocenters. The number of nitrogens with zero attached hydrogens (tertiary/aromatic N) is 2. The summed E-state index contributed by atoms with van der Waals surface area (Å²) in [5, 5.41) is 0.552. The summed E-state index contributed by atoms with van der Waals surface area (Å²) in [6.07, 6.45) is 3.04. The molecule has 1 aromatic heterocycles. The van der Waals surface area contributed by atoms with Gasteiger partial charge in [-0.15, -0.1) is 0 Å². The standard InChI is InChI=1S/C22H24N2O4S2/c1-14-6-8-18(15(2)11-14)21(25)24(13-16-5-4-10-28-16)22-23-19-9-7-17(30(3,26)27)12-20(19)29-22/h6-9,11-12,16H,4-5,10,13H2,1-3H3. The van der Waals surface area contributed by atoms with Gasteiger partial charge in [0.15, 0.2) is 15.0 Å². The van der Waals surface area contributed by atoms with Crippen LogP contribution in [0.5, 0.6) is 0 Å². The topological polar surface area (TPSA) is 76.6 Å². The van der Waals surface area contributed by atoms with Crippen molar-refractivity contribution in [1.82, 2.24) is 4.98 Å². The number of rotatable bonds is 5. The van der Waals surface area contributed by atoms with Crippen molar-refractivity contribution in [3.8, 4) is 0 Å². The van der Waals surface area contributed by atoms with Crippen molar-refractivity contribution in [2.75, 3.05) is 24.3 Å². The first-order chi connectivity index (χ1) is 14.2. The predicted molar refractivity (Wildman–Crippen MR) is 119 cm³/mol. The number of carbonyl (C=O) groups is 1.